The lowest BCUT2D eigenvalue weighted by atomic mass is 10.0. The maximum Gasteiger partial charge on any atom is 0.0952 e. The zero-order valence-corrected chi connectivity index (χ0v) is 12.3. The van der Waals surface area contributed by atoms with E-state index in [1.54, 1.807) is 0 Å². The maximum absolute atomic E-state index is 6.01. The largest absolute Gasteiger partial charge is 0.377 e. The summed E-state index contributed by atoms with van der Waals surface area (Å²) in [7, 11) is 0. The third-order valence-electron chi connectivity index (χ3n) is 4.45. The van der Waals surface area contributed by atoms with Gasteiger partial charge < -0.3 is 9.47 Å². The lowest BCUT2D eigenvalue weighted by Gasteiger charge is -2.40. The molecule has 2 heterocycles. The van der Waals surface area contributed by atoms with Crippen molar-refractivity contribution in [3.63, 3.8) is 0 Å². The van der Waals surface area contributed by atoms with Crippen LogP contribution in [0.1, 0.15) is 37.9 Å². The van der Waals surface area contributed by atoms with E-state index >= 15 is 0 Å². The quantitative estimate of drug-likeness (QED) is 0.846. The fourth-order valence-electron chi connectivity index (χ4n) is 3.14. The Kier molecular flexibility index (Phi) is 4.71. The Labute approximate surface area is 121 Å². The van der Waals surface area contributed by atoms with E-state index in [1.165, 1.54) is 24.8 Å². The van der Waals surface area contributed by atoms with Crippen molar-refractivity contribution in [2.45, 2.75) is 44.4 Å². The maximum atomic E-state index is 6.01. The van der Waals surface area contributed by atoms with Gasteiger partial charge in [0.1, 0.15) is 0 Å². The summed E-state index contributed by atoms with van der Waals surface area (Å²) in [4.78, 5) is 2.54. The van der Waals surface area contributed by atoms with Crippen LogP contribution in [-0.2, 0) is 9.47 Å². The minimum atomic E-state index is 0.205. The van der Waals surface area contributed by atoms with E-state index in [9.17, 15) is 0 Å². The average molecular weight is 275 g/mol. The lowest BCUT2D eigenvalue weighted by molar-refractivity contribution is -0.0852. The molecular weight excluding hydrogens is 250 g/mol. The Balaban J connectivity index is 1.61. The zero-order valence-electron chi connectivity index (χ0n) is 12.3. The van der Waals surface area contributed by atoms with Crippen molar-refractivity contribution in [3.05, 3.63) is 35.9 Å². The molecule has 2 aliphatic rings. The predicted octanol–water partition coefficient (Wildman–Crippen LogP) is 3.02. The molecule has 1 aromatic carbocycles. The van der Waals surface area contributed by atoms with Gasteiger partial charge in [0.15, 0.2) is 0 Å². The van der Waals surface area contributed by atoms with Crippen molar-refractivity contribution in [1.29, 1.82) is 0 Å². The van der Waals surface area contributed by atoms with Crippen LogP contribution in [0.25, 0.3) is 0 Å². The third-order valence-corrected chi connectivity index (χ3v) is 4.45. The van der Waals surface area contributed by atoms with E-state index in [4.69, 9.17) is 9.47 Å². The number of hydrogen-bond acceptors (Lipinski definition) is 3. The molecule has 0 saturated carbocycles. The van der Waals surface area contributed by atoms with Crippen LogP contribution in [0.5, 0.6) is 0 Å². The molecule has 3 heteroatoms. The second-order valence-electron chi connectivity index (χ2n) is 6.02. The molecule has 2 saturated heterocycles. The first-order valence-corrected chi connectivity index (χ1v) is 7.85. The molecule has 3 nitrogen and oxygen atoms in total. The van der Waals surface area contributed by atoms with Gasteiger partial charge in [-0.25, -0.2) is 0 Å². The molecular formula is C17H25NO2. The van der Waals surface area contributed by atoms with Gasteiger partial charge in [-0.15, -0.1) is 0 Å². The number of ether oxygens (including phenoxy) is 2. The SMILES string of the molecule is C[C@@H]1CO[C@@H](c2ccccc2)CN1C[C@@H]1CCCCO1. The van der Waals surface area contributed by atoms with Gasteiger partial charge in [-0.3, -0.25) is 4.90 Å². The summed E-state index contributed by atoms with van der Waals surface area (Å²) in [6.45, 7) is 6.03. The fraction of sp³-hybridized carbons (Fsp3) is 0.647. The van der Waals surface area contributed by atoms with E-state index < -0.39 is 0 Å². The topological polar surface area (TPSA) is 21.7 Å². The van der Waals surface area contributed by atoms with Crippen molar-refractivity contribution in [2.75, 3.05) is 26.3 Å². The molecule has 2 aliphatic heterocycles. The Bertz CT molecular complexity index is 403. The van der Waals surface area contributed by atoms with Crippen molar-refractivity contribution >= 4 is 0 Å². The molecule has 0 radical (unpaired) electrons. The van der Waals surface area contributed by atoms with Crippen LogP contribution in [0.15, 0.2) is 30.3 Å². The minimum Gasteiger partial charge on any atom is -0.377 e. The van der Waals surface area contributed by atoms with Gasteiger partial charge in [0.25, 0.3) is 0 Å². The highest BCUT2D eigenvalue weighted by Crippen LogP contribution is 2.26. The highest BCUT2D eigenvalue weighted by atomic mass is 16.5. The summed E-state index contributed by atoms with van der Waals surface area (Å²) in [5, 5.41) is 0. The van der Waals surface area contributed by atoms with Crippen molar-refractivity contribution < 1.29 is 9.47 Å². The summed E-state index contributed by atoms with van der Waals surface area (Å²) >= 11 is 0. The standard InChI is InChI=1S/C17H25NO2/c1-14-13-20-17(15-7-3-2-4-8-15)12-18(14)11-16-9-5-6-10-19-16/h2-4,7-8,14,16-17H,5-6,9-13H2,1H3/t14-,16+,17-/m1/s1. The van der Waals surface area contributed by atoms with Gasteiger partial charge in [-0.1, -0.05) is 30.3 Å². The summed E-state index contributed by atoms with van der Waals surface area (Å²) in [6.07, 6.45) is 4.37. The number of nitrogens with zero attached hydrogens (tertiary/aromatic N) is 1. The van der Waals surface area contributed by atoms with Crippen molar-refractivity contribution in [2.24, 2.45) is 0 Å². The first-order valence-electron chi connectivity index (χ1n) is 7.85. The van der Waals surface area contributed by atoms with Crippen LogP contribution in [0, 0.1) is 0 Å². The molecule has 2 fully saturated rings. The number of rotatable bonds is 3. The Morgan fingerprint density at radius 1 is 1.15 bits per heavy atom. The van der Waals surface area contributed by atoms with Gasteiger partial charge in [0.05, 0.1) is 18.8 Å². The summed E-state index contributed by atoms with van der Waals surface area (Å²) in [6, 6.07) is 11.0. The molecule has 0 aliphatic carbocycles. The second kappa shape index (κ2) is 6.70. The third kappa shape index (κ3) is 3.40. The summed E-state index contributed by atoms with van der Waals surface area (Å²) in [5.41, 5.74) is 1.29. The number of hydrogen-bond donors (Lipinski definition) is 0. The molecule has 0 N–H and O–H groups in total. The van der Waals surface area contributed by atoms with Gasteiger partial charge in [0, 0.05) is 25.7 Å². The first kappa shape index (κ1) is 14.1. The van der Waals surface area contributed by atoms with Crippen LogP contribution in [-0.4, -0.2) is 43.3 Å². The van der Waals surface area contributed by atoms with Gasteiger partial charge >= 0.3 is 0 Å². The van der Waals surface area contributed by atoms with E-state index in [1.807, 2.05) is 0 Å². The molecule has 1 aromatic rings. The van der Waals surface area contributed by atoms with Gasteiger partial charge in [-0.05, 0) is 31.7 Å². The number of benzene rings is 1. The lowest BCUT2D eigenvalue weighted by Crippen LogP contribution is -2.48. The van der Waals surface area contributed by atoms with E-state index in [0.29, 0.717) is 12.1 Å². The van der Waals surface area contributed by atoms with Gasteiger partial charge in [-0.2, -0.15) is 0 Å². The van der Waals surface area contributed by atoms with Crippen molar-refractivity contribution in [1.82, 2.24) is 4.90 Å². The highest BCUT2D eigenvalue weighted by molar-refractivity contribution is 5.18. The van der Waals surface area contributed by atoms with Crippen LogP contribution in [0.2, 0.25) is 0 Å². The molecule has 20 heavy (non-hydrogen) atoms. The first-order chi connectivity index (χ1) is 9.83. The number of morpholine rings is 1. The normalized spacial score (nSPS) is 32.1. The summed E-state index contributed by atoms with van der Waals surface area (Å²) < 4.78 is 11.9. The van der Waals surface area contributed by atoms with Crippen LogP contribution >= 0.6 is 0 Å². The Morgan fingerprint density at radius 3 is 2.75 bits per heavy atom. The van der Waals surface area contributed by atoms with E-state index in [-0.39, 0.29) is 6.10 Å². The highest BCUT2D eigenvalue weighted by Gasteiger charge is 2.29. The summed E-state index contributed by atoms with van der Waals surface area (Å²) in [5.74, 6) is 0. The molecule has 0 aromatic heterocycles. The monoisotopic (exact) mass is 275 g/mol. The van der Waals surface area contributed by atoms with Crippen LogP contribution < -0.4 is 0 Å². The zero-order chi connectivity index (χ0) is 13.8. The Morgan fingerprint density at radius 2 is 2.00 bits per heavy atom. The second-order valence-corrected chi connectivity index (χ2v) is 6.02. The molecule has 110 valence electrons. The van der Waals surface area contributed by atoms with E-state index in [0.717, 1.165) is 26.3 Å². The predicted molar refractivity (Wildman–Crippen MR) is 79.8 cm³/mol. The van der Waals surface area contributed by atoms with Crippen molar-refractivity contribution in [3.8, 4) is 0 Å². The van der Waals surface area contributed by atoms with Crippen LogP contribution in [0.4, 0.5) is 0 Å². The van der Waals surface area contributed by atoms with Crippen LogP contribution in [0.3, 0.4) is 0 Å². The molecule has 0 bridgehead atoms. The Hall–Kier alpha value is -0.900. The minimum absolute atomic E-state index is 0.205. The molecule has 0 amide bonds. The molecule has 0 spiro atoms. The molecule has 3 atom stereocenters. The van der Waals surface area contributed by atoms with Gasteiger partial charge in [0.2, 0.25) is 0 Å². The smallest absolute Gasteiger partial charge is 0.0952 e. The molecule has 3 rings (SSSR count). The molecule has 0 unspecified atom stereocenters. The average Bonchev–Trinajstić information content (AvgIpc) is 2.51. The fourth-order valence-corrected chi connectivity index (χ4v) is 3.14. The van der Waals surface area contributed by atoms with E-state index in [2.05, 4.69) is 42.2 Å².